The van der Waals surface area contributed by atoms with Crippen molar-refractivity contribution in [1.82, 2.24) is 5.32 Å². The molecule has 130 valence electrons. The van der Waals surface area contributed by atoms with Gasteiger partial charge in [-0.2, -0.15) is 0 Å². The van der Waals surface area contributed by atoms with Crippen LogP contribution in [0.3, 0.4) is 0 Å². The molecule has 1 saturated carbocycles. The Labute approximate surface area is 143 Å². The summed E-state index contributed by atoms with van der Waals surface area (Å²) in [6.07, 6.45) is 5.52. The number of carbonyl (C=O) groups excluding carboxylic acids is 2. The summed E-state index contributed by atoms with van der Waals surface area (Å²) in [5, 5.41) is 6.52. The number of carbonyl (C=O) groups is 2. The number of fused-ring (bicyclic) bond motifs is 1. The Morgan fingerprint density at radius 1 is 1.29 bits per heavy atom. The van der Waals surface area contributed by atoms with Gasteiger partial charge in [0.2, 0.25) is 5.91 Å². The van der Waals surface area contributed by atoms with E-state index >= 15 is 0 Å². The fourth-order valence-electron chi connectivity index (χ4n) is 4.05. The summed E-state index contributed by atoms with van der Waals surface area (Å²) in [5.74, 6) is 0.411. The zero-order chi connectivity index (χ0) is 17.0. The number of hydrogen-bond acceptors (Lipinski definition) is 4. The molecule has 5 heteroatoms. The molecule has 2 N–H and O–H groups in total. The van der Waals surface area contributed by atoms with E-state index in [1.54, 1.807) is 0 Å². The highest BCUT2D eigenvalue weighted by molar-refractivity contribution is 5.96. The van der Waals surface area contributed by atoms with E-state index in [0.717, 1.165) is 43.6 Å². The van der Waals surface area contributed by atoms with E-state index in [0.29, 0.717) is 18.8 Å². The van der Waals surface area contributed by atoms with Crippen molar-refractivity contribution in [3.8, 4) is 0 Å². The Hall–Kier alpha value is -1.88. The lowest BCUT2D eigenvalue weighted by atomic mass is 9.67. The van der Waals surface area contributed by atoms with Crippen molar-refractivity contribution in [2.24, 2.45) is 11.3 Å². The molecular weight excluding hydrogens is 304 g/mol. The van der Waals surface area contributed by atoms with E-state index < -0.39 is 0 Å². The first-order valence-electron chi connectivity index (χ1n) is 8.82. The highest BCUT2D eigenvalue weighted by Gasteiger charge is 2.49. The largest absolute Gasteiger partial charge is 0.469 e. The van der Waals surface area contributed by atoms with Crippen LogP contribution in [0.1, 0.15) is 37.7 Å². The number of anilines is 1. The van der Waals surface area contributed by atoms with Crippen LogP contribution in [0.15, 0.2) is 24.3 Å². The minimum Gasteiger partial charge on any atom is -0.469 e. The number of benzene rings is 1. The Kier molecular flexibility index (Phi) is 5.19. The molecule has 2 fully saturated rings. The highest BCUT2D eigenvalue weighted by atomic mass is 16.5. The number of methoxy groups -OCH3 is 1. The van der Waals surface area contributed by atoms with Gasteiger partial charge in [0.25, 0.3) is 0 Å². The molecule has 0 unspecified atom stereocenters. The molecule has 0 aromatic heterocycles. The van der Waals surface area contributed by atoms with Crippen molar-refractivity contribution >= 4 is 17.6 Å². The smallest absolute Gasteiger partial charge is 0.305 e. The van der Waals surface area contributed by atoms with E-state index in [1.807, 2.05) is 24.3 Å². The second-order valence-corrected chi connectivity index (χ2v) is 6.96. The summed E-state index contributed by atoms with van der Waals surface area (Å²) in [7, 11) is 1.40. The molecule has 3 rings (SSSR count). The van der Waals surface area contributed by atoms with Crippen molar-refractivity contribution in [3.05, 3.63) is 29.8 Å². The first kappa shape index (κ1) is 17.0. The molecule has 1 amide bonds. The molecule has 2 atom stereocenters. The minimum absolute atomic E-state index is 0.152. The van der Waals surface area contributed by atoms with Crippen LogP contribution < -0.4 is 10.6 Å². The van der Waals surface area contributed by atoms with Crippen molar-refractivity contribution < 1.29 is 14.3 Å². The quantitative estimate of drug-likeness (QED) is 0.814. The van der Waals surface area contributed by atoms with Crippen LogP contribution >= 0.6 is 0 Å². The summed E-state index contributed by atoms with van der Waals surface area (Å²) in [4.78, 5) is 24.1. The zero-order valence-electron chi connectivity index (χ0n) is 14.3. The molecular formula is C19H26N2O3. The first-order valence-corrected chi connectivity index (χ1v) is 8.82. The average Bonchev–Trinajstić information content (AvgIpc) is 3.06. The van der Waals surface area contributed by atoms with E-state index in [-0.39, 0.29) is 17.3 Å². The maximum atomic E-state index is 12.9. The Balaban J connectivity index is 1.61. The van der Waals surface area contributed by atoms with Gasteiger partial charge in [-0.15, -0.1) is 0 Å². The van der Waals surface area contributed by atoms with Gasteiger partial charge < -0.3 is 15.4 Å². The molecule has 0 spiro atoms. The maximum absolute atomic E-state index is 12.9. The molecule has 2 aliphatic rings. The summed E-state index contributed by atoms with van der Waals surface area (Å²) in [6.45, 7) is 1.75. The predicted octanol–water partition coefficient (Wildman–Crippen LogP) is 2.51. The monoisotopic (exact) mass is 330 g/mol. The summed E-state index contributed by atoms with van der Waals surface area (Å²) in [6, 6.07) is 7.76. The van der Waals surface area contributed by atoms with Crippen LogP contribution in [0.2, 0.25) is 0 Å². The second kappa shape index (κ2) is 7.34. The van der Waals surface area contributed by atoms with E-state index in [2.05, 4.69) is 15.4 Å². The summed E-state index contributed by atoms with van der Waals surface area (Å²) >= 11 is 0. The second-order valence-electron chi connectivity index (χ2n) is 6.96. The Morgan fingerprint density at radius 3 is 2.83 bits per heavy atom. The molecule has 24 heavy (non-hydrogen) atoms. The molecule has 1 heterocycles. The number of hydrogen-bond donors (Lipinski definition) is 2. The van der Waals surface area contributed by atoms with Gasteiger partial charge in [-0.05, 0) is 49.4 Å². The predicted molar refractivity (Wildman–Crippen MR) is 92.7 cm³/mol. The van der Waals surface area contributed by atoms with E-state index in [4.69, 9.17) is 0 Å². The topological polar surface area (TPSA) is 67.4 Å². The lowest BCUT2D eigenvalue weighted by Crippen LogP contribution is -2.44. The van der Waals surface area contributed by atoms with Gasteiger partial charge in [0, 0.05) is 18.7 Å². The van der Waals surface area contributed by atoms with Crippen LogP contribution in [0.4, 0.5) is 5.69 Å². The molecule has 1 aliphatic heterocycles. The summed E-state index contributed by atoms with van der Waals surface area (Å²) < 4.78 is 4.65. The van der Waals surface area contributed by atoms with Gasteiger partial charge in [0.05, 0.1) is 12.5 Å². The molecule has 0 radical (unpaired) electrons. The number of ether oxygens (including phenoxy) is 1. The SMILES string of the molecule is COC(=O)CCc1ccc(NC(=O)[C@@]23CCCC[C@H]2CNC3)cc1. The average molecular weight is 330 g/mol. The molecule has 5 nitrogen and oxygen atoms in total. The number of nitrogens with one attached hydrogen (secondary N) is 2. The number of amides is 1. The van der Waals surface area contributed by atoms with Gasteiger partial charge in [-0.25, -0.2) is 0 Å². The normalized spacial score (nSPS) is 25.8. The highest BCUT2D eigenvalue weighted by Crippen LogP contribution is 2.44. The van der Waals surface area contributed by atoms with Gasteiger partial charge >= 0.3 is 5.97 Å². The molecule has 1 saturated heterocycles. The fourth-order valence-corrected chi connectivity index (χ4v) is 4.05. The van der Waals surface area contributed by atoms with Crippen molar-refractivity contribution in [1.29, 1.82) is 0 Å². The Bertz CT molecular complexity index is 599. The fraction of sp³-hybridized carbons (Fsp3) is 0.579. The number of aryl methyl sites for hydroxylation is 1. The lowest BCUT2D eigenvalue weighted by Gasteiger charge is -2.37. The zero-order valence-corrected chi connectivity index (χ0v) is 14.3. The van der Waals surface area contributed by atoms with Gasteiger partial charge in [-0.3, -0.25) is 9.59 Å². The van der Waals surface area contributed by atoms with E-state index in [9.17, 15) is 9.59 Å². The van der Waals surface area contributed by atoms with Gasteiger partial charge in [-0.1, -0.05) is 25.0 Å². The standard InChI is InChI=1S/C19H26N2O3/c1-24-17(22)10-7-14-5-8-16(9-6-14)21-18(23)19-11-3-2-4-15(19)12-20-13-19/h5-6,8-9,15,20H,2-4,7,10-13H2,1H3,(H,21,23)/t15-,19+/m0/s1. The molecule has 1 aliphatic carbocycles. The van der Waals surface area contributed by atoms with Gasteiger partial charge in [0.15, 0.2) is 0 Å². The first-order chi connectivity index (χ1) is 11.6. The van der Waals surface area contributed by atoms with Crippen molar-refractivity contribution in [2.45, 2.75) is 38.5 Å². The van der Waals surface area contributed by atoms with Crippen LogP contribution in [0, 0.1) is 11.3 Å². The van der Waals surface area contributed by atoms with Crippen LogP contribution in [-0.2, 0) is 20.7 Å². The van der Waals surface area contributed by atoms with Crippen LogP contribution in [-0.4, -0.2) is 32.1 Å². The third kappa shape index (κ3) is 3.46. The number of esters is 1. The minimum atomic E-state index is -0.234. The Morgan fingerprint density at radius 2 is 2.08 bits per heavy atom. The number of rotatable bonds is 5. The lowest BCUT2D eigenvalue weighted by molar-refractivity contribution is -0.140. The van der Waals surface area contributed by atoms with Gasteiger partial charge in [0.1, 0.15) is 0 Å². The molecule has 1 aromatic carbocycles. The summed E-state index contributed by atoms with van der Waals surface area (Å²) in [5.41, 5.74) is 1.66. The van der Waals surface area contributed by atoms with Crippen molar-refractivity contribution in [2.75, 3.05) is 25.5 Å². The third-order valence-corrected chi connectivity index (χ3v) is 5.55. The molecule has 1 aromatic rings. The molecule has 0 bridgehead atoms. The third-order valence-electron chi connectivity index (χ3n) is 5.55. The van der Waals surface area contributed by atoms with E-state index in [1.165, 1.54) is 13.5 Å². The van der Waals surface area contributed by atoms with Crippen LogP contribution in [0.25, 0.3) is 0 Å². The maximum Gasteiger partial charge on any atom is 0.305 e. The van der Waals surface area contributed by atoms with Crippen LogP contribution in [0.5, 0.6) is 0 Å². The van der Waals surface area contributed by atoms with Crippen molar-refractivity contribution in [3.63, 3.8) is 0 Å².